The summed E-state index contributed by atoms with van der Waals surface area (Å²) in [7, 11) is 0. The molecule has 3 aromatic carbocycles. The summed E-state index contributed by atoms with van der Waals surface area (Å²) in [4.78, 5) is 0. The summed E-state index contributed by atoms with van der Waals surface area (Å²) in [6, 6.07) is 14.2. The molecular formula is C22H20F2O. The monoisotopic (exact) mass is 338 g/mol. The average Bonchev–Trinajstić information content (AvgIpc) is 2.64. The lowest BCUT2D eigenvalue weighted by Gasteiger charge is -2.10. The summed E-state index contributed by atoms with van der Waals surface area (Å²) < 4.78 is 34.6. The van der Waals surface area contributed by atoms with Crippen LogP contribution in [-0.2, 0) is 6.42 Å². The lowest BCUT2D eigenvalue weighted by molar-refractivity contribution is 0.363. The van der Waals surface area contributed by atoms with E-state index in [0.29, 0.717) is 28.7 Å². The van der Waals surface area contributed by atoms with Crippen molar-refractivity contribution in [2.45, 2.75) is 19.8 Å². The van der Waals surface area contributed by atoms with Gasteiger partial charge in [-0.15, -0.1) is 0 Å². The van der Waals surface area contributed by atoms with E-state index in [2.05, 4.69) is 13.5 Å². The normalized spacial score (nSPS) is 10.8. The first kappa shape index (κ1) is 17.2. The molecule has 0 aliphatic rings. The summed E-state index contributed by atoms with van der Waals surface area (Å²) >= 11 is 0. The van der Waals surface area contributed by atoms with Gasteiger partial charge in [0.05, 0.1) is 0 Å². The van der Waals surface area contributed by atoms with Crippen molar-refractivity contribution in [2.75, 3.05) is 6.61 Å². The summed E-state index contributed by atoms with van der Waals surface area (Å²) in [5.74, 6) is -0.951. The molecule has 0 aliphatic heterocycles. The van der Waals surface area contributed by atoms with Gasteiger partial charge >= 0.3 is 0 Å². The molecule has 0 spiro atoms. The number of rotatable bonds is 6. The average molecular weight is 338 g/mol. The molecule has 0 saturated carbocycles. The molecule has 0 aromatic heterocycles. The van der Waals surface area contributed by atoms with Crippen LogP contribution in [0.1, 0.15) is 18.9 Å². The summed E-state index contributed by atoms with van der Waals surface area (Å²) in [5.41, 5.74) is 1.88. The van der Waals surface area contributed by atoms with Crippen LogP contribution in [0.15, 0.2) is 61.2 Å². The molecule has 0 amide bonds. The topological polar surface area (TPSA) is 9.23 Å². The zero-order valence-corrected chi connectivity index (χ0v) is 14.2. The van der Waals surface area contributed by atoms with Gasteiger partial charge in [0, 0.05) is 10.9 Å². The molecule has 1 nitrogen and oxygen atoms in total. The van der Waals surface area contributed by atoms with Gasteiger partial charge in [0.1, 0.15) is 12.4 Å². The Morgan fingerprint density at radius 2 is 1.76 bits per heavy atom. The van der Waals surface area contributed by atoms with E-state index in [1.165, 1.54) is 0 Å². The van der Waals surface area contributed by atoms with Gasteiger partial charge in [-0.3, -0.25) is 0 Å². The molecule has 3 rings (SSSR count). The van der Waals surface area contributed by atoms with Gasteiger partial charge < -0.3 is 4.74 Å². The van der Waals surface area contributed by atoms with Crippen molar-refractivity contribution in [2.24, 2.45) is 0 Å². The van der Waals surface area contributed by atoms with Crippen LogP contribution in [0.3, 0.4) is 0 Å². The van der Waals surface area contributed by atoms with Crippen molar-refractivity contribution >= 4 is 10.8 Å². The zero-order chi connectivity index (χ0) is 17.8. The van der Waals surface area contributed by atoms with E-state index >= 15 is 0 Å². The van der Waals surface area contributed by atoms with Gasteiger partial charge in [-0.25, -0.2) is 8.78 Å². The minimum atomic E-state index is -0.819. The third-order valence-electron chi connectivity index (χ3n) is 4.16. The zero-order valence-electron chi connectivity index (χ0n) is 14.2. The van der Waals surface area contributed by atoms with Gasteiger partial charge in [-0.1, -0.05) is 50.3 Å². The van der Waals surface area contributed by atoms with Crippen molar-refractivity contribution < 1.29 is 13.5 Å². The van der Waals surface area contributed by atoms with Crippen LogP contribution in [0, 0.1) is 11.6 Å². The molecule has 128 valence electrons. The molecule has 0 bridgehead atoms. The number of aryl methyl sites for hydroxylation is 1. The highest BCUT2D eigenvalue weighted by molar-refractivity contribution is 5.89. The molecule has 0 unspecified atom stereocenters. The molecule has 3 heteroatoms. The fourth-order valence-electron chi connectivity index (χ4n) is 2.91. The van der Waals surface area contributed by atoms with Crippen molar-refractivity contribution in [1.29, 1.82) is 0 Å². The van der Waals surface area contributed by atoms with Crippen molar-refractivity contribution in [3.05, 3.63) is 78.4 Å². The predicted octanol–water partition coefficient (Wildman–Crippen LogP) is 6.30. The van der Waals surface area contributed by atoms with Crippen LogP contribution in [-0.4, -0.2) is 6.61 Å². The lowest BCUT2D eigenvalue weighted by Crippen LogP contribution is -1.95. The third kappa shape index (κ3) is 3.55. The summed E-state index contributed by atoms with van der Waals surface area (Å²) in [5, 5.41) is 1.03. The number of fused-ring (bicyclic) bond motifs is 1. The maximum atomic E-state index is 14.6. The van der Waals surface area contributed by atoms with Gasteiger partial charge in [-0.2, -0.15) is 0 Å². The van der Waals surface area contributed by atoms with Crippen molar-refractivity contribution in [1.82, 2.24) is 0 Å². The van der Waals surface area contributed by atoms with Gasteiger partial charge in [0.2, 0.25) is 0 Å². The number of benzene rings is 3. The maximum absolute atomic E-state index is 14.6. The second-order valence-electron chi connectivity index (χ2n) is 5.98. The Kier molecular flexibility index (Phi) is 5.13. The van der Waals surface area contributed by atoms with Crippen LogP contribution in [0.5, 0.6) is 5.75 Å². The minimum absolute atomic E-state index is 0.253. The molecule has 0 aliphatic carbocycles. The van der Waals surface area contributed by atoms with E-state index in [0.717, 1.165) is 18.4 Å². The van der Waals surface area contributed by atoms with E-state index in [1.807, 2.05) is 12.1 Å². The molecule has 0 radical (unpaired) electrons. The quantitative estimate of drug-likeness (QED) is 0.479. The highest BCUT2D eigenvalue weighted by Crippen LogP contribution is 2.32. The van der Waals surface area contributed by atoms with E-state index in [1.54, 1.807) is 42.5 Å². The van der Waals surface area contributed by atoms with Crippen molar-refractivity contribution in [3.63, 3.8) is 0 Å². The number of ether oxygens (including phenoxy) is 1. The Bertz CT molecular complexity index is 898. The summed E-state index contributed by atoms with van der Waals surface area (Å²) in [6.45, 7) is 6.06. The molecule has 25 heavy (non-hydrogen) atoms. The second-order valence-corrected chi connectivity index (χ2v) is 5.98. The van der Waals surface area contributed by atoms with Crippen LogP contribution in [0.4, 0.5) is 8.78 Å². The predicted molar refractivity (Wildman–Crippen MR) is 99.0 cm³/mol. The SMILES string of the molecule is C=CCOc1ccc(-c2cc3ccc(CCC)cc3c(F)c2F)cc1. The number of hydrogen-bond acceptors (Lipinski definition) is 1. The summed E-state index contributed by atoms with van der Waals surface area (Å²) in [6.07, 6.45) is 3.47. The molecular weight excluding hydrogens is 318 g/mol. The number of hydrogen-bond donors (Lipinski definition) is 0. The lowest BCUT2D eigenvalue weighted by atomic mass is 9.97. The van der Waals surface area contributed by atoms with Gasteiger partial charge in [0.15, 0.2) is 11.6 Å². The molecule has 0 fully saturated rings. The number of halogens is 2. The van der Waals surface area contributed by atoms with E-state index in [-0.39, 0.29) is 5.56 Å². The van der Waals surface area contributed by atoms with E-state index in [4.69, 9.17) is 4.74 Å². The van der Waals surface area contributed by atoms with Crippen LogP contribution >= 0.6 is 0 Å². The maximum Gasteiger partial charge on any atom is 0.167 e. The molecule has 0 atom stereocenters. The first-order valence-corrected chi connectivity index (χ1v) is 8.38. The highest BCUT2D eigenvalue weighted by Gasteiger charge is 2.15. The Hall–Kier alpha value is -2.68. The Morgan fingerprint density at radius 3 is 2.44 bits per heavy atom. The first-order chi connectivity index (χ1) is 12.1. The third-order valence-corrected chi connectivity index (χ3v) is 4.16. The Morgan fingerprint density at radius 1 is 1.00 bits per heavy atom. The fraction of sp³-hybridized carbons (Fsp3) is 0.182. The van der Waals surface area contributed by atoms with Crippen LogP contribution < -0.4 is 4.74 Å². The molecule has 0 N–H and O–H groups in total. The highest BCUT2D eigenvalue weighted by atomic mass is 19.2. The van der Waals surface area contributed by atoms with Gasteiger partial charge in [0.25, 0.3) is 0 Å². The van der Waals surface area contributed by atoms with E-state index in [9.17, 15) is 8.78 Å². The smallest absolute Gasteiger partial charge is 0.167 e. The van der Waals surface area contributed by atoms with Crippen molar-refractivity contribution in [3.8, 4) is 16.9 Å². The Balaban J connectivity index is 2.03. The standard InChI is InChI=1S/C22H20F2O/c1-3-5-15-6-7-17-14-20(22(24)21(23)19(17)13-15)16-8-10-18(11-9-16)25-12-4-2/h4,6-11,13-14H,2-3,5,12H2,1H3. The minimum Gasteiger partial charge on any atom is -0.490 e. The molecule has 3 aromatic rings. The molecule has 0 saturated heterocycles. The van der Waals surface area contributed by atoms with Crippen LogP contribution in [0.25, 0.3) is 21.9 Å². The molecule has 0 heterocycles. The first-order valence-electron chi connectivity index (χ1n) is 8.38. The van der Waals surface area contributed by atoms with E-state index < -0.39 is 11.6 Å². The Labute approximate surface area is 146 Å². The largest absolute Gasteiger partial charge is 0.490 e. The van der Waals surface area contributed by atoms with Crippen LogP contribution in [0.2, 0.25) is 0 Å². The second kappa shape index (κ2) is 7.47. The van der Waals surface area contributed by atoms with Gasteiger partial charge in [-0.05, 0) is 47.2 Å². The fourth-order valence-corrected chi connectivity index (χ4v) is 2.91.